The minimum atomic E-state index is -0.513. The van der Waals surface area contributed by atoms with E-state index in [9.17, 15) is 15.0 Å². The van der Waals surface area contributed by atoms with E-state index in [1.54, 1.807) is 12.1 Å². The van der Waals surface area contributed by atoms with Crippen LogP contribution in [0.1, 0.15) is 50.3 Å². The maximum absolute atomic E-state index is 12.1. The Morgan fingerprint density at radius 3 is 2.40 bits per heavy atom. The van der Waals surface area contributed by atoms with Gasteiger partial charge in [0.15, 0.2) is 0 Å². The monoisotopic (exact) mass is 478 g/mol. The summed E-state index contributed by atoms with van der Waals surface area (Å²) in [5.41, 5.74) is 3.78. The van der Waals surface area contributed by atoms with E-state index >= 15 is 0 Å². The number of hydrogen-bond acceptors (Lipinski definition) is 5. The molecule has 0 unspecified atom stereocenters. The van der Waals surface area contributed by atoms with Crippen molar-refractivity contribution < 1.29 is 19.7 Å². The average molecular weight is 479 g/mol. The number of hydrogen-bond donors (Lipinski definition) is 3. The van der Waals surface area contributed by atoms with Crippen molar-refractivity contribution in [2.45, 2.75) is 64.6 Å². The van der Waals surface area contributed by atoms with Crippen molar-refractivity contribution in [1.82, 2.24) is 10.2 Å². The van der Waals surface area contributed by atoms with Crippen molar-refractivity contribution in [2.24, 2.45) is 0 Å². The molecule has 3 rings (SSSR count). The van der Waals surface area contributed by atoms with Crippen molar-refractivity contribution in [2.75, 3.05) is 13.1 Å². The lowest BCUT2D eigenvalue weighted by molar-refractivity contribution is 0.0477. The highest BCUT2D eigenvalue weighted by Crippen LogP contribution is 2.37. The molecule has 2 aromatic carbocycles. The zero-order valence-electron chi connectivity index (χ0n) is 21.1. The number of nitrogens with one attached hydrogen (secondary N) is 1. The second-order valence-corrected chi connectivity index (χ2v) is 10.2. The Morgan fingerprint density at radius 1 is 1.09 bits per heavy atom. The molecule has 2 aromatic rings. The fraction of sp³-hybridized carbons (Fsp3) is 0.414. The van der Waals surface area contributed by atoms with Crippen LogP contribution in [0.25, 0.3) is 11.1 Å². The number of benzene rings is 2. The highest BCUT2D eigenvalue weighted by Gasteiger charge is 2.24. The predicted octanol–water partition coefficient (Wildman–Crippen LogP) is 5.71. The summed E-state index contributed by atoms with van der Waals surface area (Å²) in [6.45, 7) is 15.4. The normalized spacial score (nSPS) is 14.9. The molecule has 6 nitrogen and oxygen atoms in total. The van der Waals surface area contributed by atoms with Gasteiger partial charge < -0.3 is 20.3 Å². The second kappa shape index (κ2) is 11.5. The molecule has 1 aliphatic heterocycles. The zero-order chi connectivity index (χ0) is 25.6. The molecule has 0 radical (unpaired) electrons. The smallest absolute Gasteiger partial charge is 0.407 e. The lowest BCUT2D eigenvalue weighted by Gasteiger charge is -2.33. The van der Waals surface area contributed by atoms with Gasteiger partial charge in [0.05, 0.1) is 0 Å². The first kappa shape index (κ1) is 26.4. The molecule has 0 aliphatic carbocycles. The zero-order valence-corrected chi connectivity index (χ0v) is 21.1. The van der Waals surface area contributed by atoms with E-state index in [1.165, 1.54) is 0 Å². The van der Waals surface area contributed by atoms with Gasteiger partial charge in [0.2, 0.25) is 0 Å². The number of piperidine rings is 1. The number of aromatic hydroxyl groups is 2. The largest absolute Gasteiger partial charge is 0.508 e. The fourth-order valence-electron chi connectivity index (χ4n) is 4.41. The van der Waals surface area contributed by atoms with Crippen molar-refractivity contribution in [1.29, 1.82) is 0 Å². The van der Waals surface area contributed by atoms with E-state index in [0.29, 0.717) is 19.4 Å². The van der Waals surface area contributed by atoms with Gasteiger partial charge in [-0.2, -0.15) is 0 Å². The van der Waals surface area contributed by atoms with Crippen molar-refractivity contribution in [3.05, 3.63) is 72.3 Å². The van der Waals surface area contributed by atoms with E-state index < -0.39 is 5.60 Å². The quantitative estimate of drug-likeness (QED) is 0.423. The standard InChI is InChI=1S/C29H38N2O4/c1-6-8-20-16-23(19-31-14-12-24(13-15-31)30-28(34)35-29(3,4)5)27(33)25(17-20)21-10-11-26(32)22(18-21)9-7-2/h6-7,10-11,16-18,24,32-33H,1-2,8-9,12-15,19H2,3-5H3,(H,30,34). The Labute approximate surface area is 208 Å². The van der Waals surface area contributed by atoms with Crippen LogP contribution in [0.5, 0.6) is 11.5 Å². The third kappa shape index (κ3) is 7.36. The molecule has 3 N–H and O–H groups in total. The van der Waals surface area contributed by atoms with Gasteiger partial charge in [0.25, 0.3) is 0 Å². The molecule has 1 aliphatic rings. The number of rotatable bonds is 8. The van der Waals surface area contributed by atoms with E-state index in [0.717, 1.165) is 53.7 Å². The minimum Gasteiger partial charge on any atom is -0.508 e. The van der Waals surface area contributed by atoms with Gasteiger partial charge in [-0.25, -0.2) is 4.79 Å². The van der Waals surface area contributed by atoms with Crippen molar-refractivity contribution >= 4 is 6.09 Å². The number of nitrogens with zero attached hydrogens (tertiary/aromatic N) is 1. The van der Waals surface area contributed by atoms with Crippen molar-refractivity contribution in [3.63, 3.8) is 0 Å². The first-order valence-electron chi connectivity index (χ1n) is 12.2. The number of ether oxygens (including phenoxy) is 1. The van der Waals surface area contributed by atoms with Crippen LogP contribution in [0.2, 0.25) is 0 Å². The molecule has 1 saturated heterocycles. The van der Waals surface area contributed by atoms with E-state index in [2.05, 4.69) is 23.4 Å². The molecule has 0 aromatic heterocycles. The highest BCUT2D eigenvalue weighted by atomic mass is 16.6. The third-order valence-electron chi connectivity index (χ3n) is 6.09. The molecular formula is C29H38N2O4. The number of likely N-dealkylation sites (tertiary alicyclic amines) is 1. The second-order valence-electron chi connectivity index (χ2n) is 10.2. The number of allylic oxidation sites excluding steroid dienone is 2. The molecular weight excluding hydrogens is 440 g/mol. The minimum absolute atomic E-state index is 0.0811. The number of alkyl carbamates (subject to hydrolysis) is 1. The van der Waals surface area contributed by atoms with Crippen LogP contribution in [0, 0.1) is 0 Å². The SMILES string of the molecule is C=CCc1cc(CN2CCC(NC(=O)OC(C)(C)C)CC2)c(O)c(-c2ccc(O)c(CC=C)c2)c1. The predicted molar refractivity (Wildman–Crippen MR) is 141 cm³/mol. The lowest BCUT2D eigenvalue weighted by Crippen LogP contribution is -2.45. The molecule has 6 heteroatoms. The first-order chi connectivity index (χ1) is 16.6. The summed E-state index contributed by atoms with van der Waals surface area (Å²) in [5.74, 6) is 0.473. The highest BCUT2D eigenvalue weighted by molar-refractivity contribution is 5.74. The molecule has 35 heavy (non-hydrogen) atoms. The maximum atomic E-state index is 12.1. The maximum Gasteiger partial charge on any atom is 0.407 e. The Bertz CT molecular complexity index is 1060. The molecule has 188 valence electrons. The summed E-state index contributed by atoms with van der Waals surface area (Å²) in [6.07, 6.45) is 6.11. The molecule has 0 bridgehead atoms. The van der Waals surface area contributed by atoms with Gasteiger partial charge in [-0.05, 0) is 81.3 Å². The van der Waals surface area contributed by atoms with Gasteiger partial charge >= 0.3 is 6.09 Å². The number of amides is 1. The van der Waals surface area contributed by atoms with Crippen LogP contribution in [0.3, 0.4) is 0 Å². The third-order valence-corrected chi connectivity index (χ3v) is 6.09. The van der Waals surface area contributed by atoms with Gasteiger partial charge in [-0.15, -0.1) is 13.2 Å². The topological polar surface area (TPSA) is 82.0 Å². The number of carbonyl (C=O) groups excluding carboxylic acids is 1. The summed E-state index contributed by atoms with van der Waals surface area (Å²) in [6, 6.07) is 9.50. The van der Waals surface area contributed by atoms with Crippen LogP contribution in [-0.4, -0.2) is 45.9 Å². The van der Waals surface area contributed by atoms with E-state index in [-0.39, 0.29) is 23.6 Å². The van der Waals surface area contributed by atoms with Crippen LogP contribution < -0.4 is 5.32 Å². The van der Waals surface area contributed by atoms with Crippen LogP contribution >= 0.6 is 0 Å². The molecule has 1 heterocycles. The van der Waals surface area contributed by atoms with E-state index in [1.807, 2.05) is 51.1 Å². The van der Waals surface area contributed by atoms with Gasteiger partial charge in [-0.3, -0.25) is 4.90 Å². The number of carbonyl (C=O) groups is 1. The summed E-state index contributed by atoms with van der Waals surface area (Å²) in [4.78, 5) is 14.4. The summed E-state index contributed by atoms with van der Waals surface area (Å²) in [5, 5.41) is 24.4. The molecule has 0 atom stereocenters. The van der Waals surface area contributed by atoms with Gasteiger partial charge in [0, 0.05) is 36.8 Å². The Kier molecular flexibility index (Phi) is 8.62. The molecule has 1 amide bonds. The number of phenols is 2. The summed E-state index contributed by atoms with van der Waals surface area (Å²) >= 11 is 0. The van der Waals surface area contributed by atoms with Crippen LogP contribution in [0.4, 0.5) is 4.79 Å². The van der Waals surface area contributed by atoms with E-state index in [4.69, 9.17) is 4.74 Å². The fourth-order valence-corrected chi connectivity index (χ4v) is 4.41. The van der Waals surface area contributed by atoms with Gasteiger partial charge in [-0.1, -0.05) is 24.3 Å². The number of phenolic OH excluding ortho intramolecular Hbond substituents is 2. The molecule has 1 fully saturated rings. The average Bonchev–Trinajstić information content (AvgIpc) is 2.78. The first-order valence-corrected chi connectivity index (χ1v) is 12.2. The lowest BCUT2D eigenvalue weighted by atomic mass is 9.94. The van der Waals surface area contributed by atoms with Crippen LogP contribution in [0.15, 0.2) is 55.6 Å². The van der Waals surface area contributed by atoms with Crippen LogP contribution in [-0.2, 0) is 24.1 Å². The molecule has 0 saturated carbocycles. The Morgan fingerprint density at radius 2 is 1.77 bits per heavy atom. The summed E-state index contributed by atoms with van der Waals surface area (Å²) < 4.78 is 5.38. The van der Waals surface area contributed by atoms with Gasteiger partial charge in [0.1, 0.15) is 17.1 Å². The summed E-state index contributed by atoms with van der Waals surface area (Å²) in [7, 11) is 0. The Hall–Kier alpha value is -3.25. The molecule has 0 spiro atoms. The van der Waals surface area contributed by atoms with Crippen molar-refractivity contribution in [3.8, 4) is 22.6 Å². The Balaban J connectivity index is 1.75.